The Morgan fingerprint density at radius 3 is 2.37 bits per heavy atom. The number of Topliss-reactive ketones (excluding diaryl/α,β-unsaturated/α-hetero) is 1. The zero-order valence-electron chi connectivity index (χ0n) is 21.2. The molecule has 1 aromatic heterocycles. The molecule has 1 aliphatic rings. The minimum atomic E-state index is -0.945. The summed E-state index contributed by atoms with van der Waals surface area (Å²) in [5, 5.41) is 12.8. The molecule has 0 aliphatic carbocycles. The molecule has 4 aromatic rings. The minimum Gasteiger partial charge on any atom is -0.507 e. The molecule has 5 rings (SSSR count). The zero-order chi connectivity index (χ0) is 27.1. The van der Waals surface area contributed by atoms with E-state index >= 15 is 0 Å². The zero-order valence-corrected chi connectivity index (χ0v) is 21.9. The van der Waals surface area contributed by atoms with Crippen molar-refractivity contribution in [3.8, 4) is 17.2 Å². The maximum Gasteiger partial charge on any atom is 0.300 e. The van der Waals surface area contributed by atoms with E-state index in [0.717, 1.165) is 10.9 Å². The molecule has 1 N–H and O–H groups in total. The summed E-state index contributed by atoms with van der Waals surface area (Å²) >= 11 is 6.27. The number of aryl methyl sites for hydroxylation is 1. The van der Waals surface area contributed by atoms with Gasteiger partial charge in [-0.25, -0.2) is 0 Å². The lowest BCUT2D eigenvalue weighted by atomic mass is 9.94. The number of hydrogen-bond donors (Lipinski definition) is 1. The van der Waals surface area contributed by atoms with Gasteiger partial charge in [0.1, 0.15) is 23.0 Å². The van der Waals surface area contributed by atoms with Crippen molar-refractivity contribution >= 4 is 45.6 Å². The van der Waals surface area contributed by atoms with Crippen LogP contribution in [0.1, 0.15) is 17.2 Å². The lowest BCUT2D eigenvalue weighted by molar-refractivity contribution is -0.132. The number of nitrogens with zero attached hydrogens (tertiary/aromatic N) is 2. The molecule has 9 heteroatoms. The first kappa shape index (κ1) is 25.2. The number of carbonyl (C=O) groups is 2. The molecular formula is C29H25ClN2O6. The number of ketones is 1. The van der Waals surface area contributed by atoms with E-state index in [1.165, 1.54) is 38.4 Å². The third-order valence-corrected chi connectivity index (χ3v) is 7.02. The second-order valence-corrected chi connectivity index (χ2v) is 9.18. The molecule has 1 saturated heterocycles. The third kappa shape index (κ3) is 3.94. The van der Waals surface area contributed by atoms with Crippen LogP contribution in [0.3, 0.4) is 0 Å². The highest BCUT2D eigenvalue weighted by Crippen LogP contribution is 2.46. The summed E-state index contributed by atoms with van der Waals surface area (Å²) in [6.45, 7) is 0. The normalized spacial score (nSPS) is 16.8. The molecule has 1 unspecified atom stereocenters. The van der Waals surface area contributed by atoms with Crippen LogP contribution >= 0.6 is 11.6 Å². The SMILES string of the molecule is COc1cccc(N2C(=O)C(=O)/C(=C(/O)c3cc(OC)c(Cl)cc3OC)C2c2cn(C)c3ccccc23)c1. The summed E-state index contributed by atoms with van der Waals surface area (Å²) in [6.07, 6.45) is 1.86. The van der Waals surface area contributed by atoms with Crippen molar-refractivity contribution < 1.29 is 28.9 Å². The van der Waals surface area contributed by atoms with Gasteiger partial charge in [0, 0.05) is 47.5 Å². The van der Waals surface area contributed by atoms with Crippen molar-refractivity contribution in [2.75, 3.05) is 26.2 Å². The fraction of sp³-hybridized carbons (Fsp3) is 0.172. The Balaban J connectivity index is 1.83. The van der Waals surface area contributed by atoms with Gasteiger partial charge in [0.05, 0.1) is 43.5 Å². The summed E-state index contributed by atoms with van der Waals surface area (Å²) in [5.74, 6) is -1.00. The second-order valence-electron chi connectivity index (χ2n) is 8.77. The fourth-order valence-corrected chi connectivity index (χ4v) is 5.17. The highest BCUT2D eigenvalue weighted by Gasteiger charge is 2.48. The van der Waals surface area contributed by atoms with Gasteiger partial charge in [-0.1, -0.05) is 35.9 Å². The Morgan fingerprint density at radius 2 is 1.66 bits per heavy atom. The Labute approximate surface area is 224 Å². The molecular weight excluding hydrogens is 508 g/mol. The van der Waals surface area contributed by atoms with Crippen LogP contribution in [0.4, 0.5) is 5.69 Å². The van der Waals surface area contributed by atoms with Gasteiger partial charge in [-0.05, 0) is 24.3 Å². The topological polar surface area (TPSA) is 90.2 Å². The number of anilines is 1. The number of benzene rings is 3. The molecule has 1 aliphatic heterocycles. The van der Waals surface area contributed by atoms with Gasteiger partial charge in [0.25, 0.3) is 11.7 Å². The molecule has 1 atom stereocenters. The highest BCUT2D eigenvalue weighted by molar-refractivity contribution is 6.52. The van der Waals surface area contributed by atoms with Crippen molar-refractivity contribution in [1.82, 2.24) is 4.57 Å². The average Bonchev–Trinajstić information content (AvgIpc) is 3.41. The van der Waals surface area contributed by atoms with E-state index in [4.69, 9.17) is 25.8 Å². The number of methoxy groups -OCH3 is 3. The molecule has 0 spiro atoms. The quantitative estimate of drug-likeness (QED) is 0.201. The molecule has 0 radical (unpaired) electrons. The number of fused-ring (bicyclic) bond motifs is 1. The van der Waals surface area contributed by atoms with Crippen molar-refractivity contribution in [2.45, 2.75) is 6.04 Å². The largest absolute Gasteiger partial charge is 0.507 e. The van der Waals surface area contributed by atoms with Gasteiger partial charge >= 0.3 is 0 Å². The molecule has 3 aromatic carbocycles. The summed E-state index contributed by atoms with van der Waals surface area (Å²) < 4.78 is 18.1. The van der Waals surface area contributed by atoms with Crippen LogP contribution in [-0.2, 0) is 16.6 Å². The number of rotatable bonds is 6. The summed E-state index contributed by atoms with van der Waals surface area (Å²) in [4.78, 5) is 28.7. The number of hydrogen-bond acceptors (Lipinski definition) is 6. The fourth-order valence-electron chi connectivity index (χ4n) is 4.93. The van der Waals surface area contributed by atoms with Crippen molar-refractivity contribution in [3.05, 3.63) is 88.6 Å². The van der Waals surface area contributed by atoms with Gasteiger partial charge < -0.3 is 23.9 Å². The van der Waals surface area contributed by atoms with Gasteiger partial charge in [-0.15, -0.1) is 0 Å². The molecule has 2 heterocycles. The van der Waals surface area contributed by atoms with Crippen LogP contribution in [-0.4, -0.2) is 42.7 Å². The van der Waals surface area contributed by atoms with Crippen LogP contribution in [0.15, 0.2) is 72.4 Å². The number of para-hydroxylation sites is 1. The van der Waals surface area contributed by atoms with Crippen LogP contribution in [0.5, 0.6) is 17.2 Å². The number of halogens is 1. The van der Waals surface area contributed by atoms with E-state index < -0.39 is 23.5 Å². The summed E-state index contributed by atoms with van der Waals surface area (Å²) in [6, 6.07) is 16.6. The monoisotopic (exact) mass is 532 g/mol. The first-order valence-corrected chi connectivity index (χ1v) is 12.1. The van der Waals surface area contributed by atoms with Crippen LogP contribution in [0.2, 0.25) is 5.02 Å². The number of aliphatic hydroxyl groups excluding tert-OH is 1. The van der Waals surface area contributed by atoms with Gasteiger partial charge in [0.2, 0.25) is 0 Å². The summed E-state index contributed by atoms with van der Waals surface area (Å²) in [7, 11) is 6.27. The minimum absolute atomic E-state index is 0.0863. The van der Waals surface area contributed by atoms with Crippen molar-refractivity contribution in [3.63, 3.8) is 0 Å². The Bertz CT molecular complexity index is 1620. The van der Waals surface area contributed by atoms with Crippen molar-refractivity contribution in [1.29, 1.82) is 0 Å². The second kappa shape index (κ2) is 9.79. The van der Waals surface area contributed by atoms with Crippen molar-refractivity contribution in [2.24, 2.45) is 7.05 Å². The van der Waals surface area contributed by atoms with E-state index in [1.807, 2.05) is 42.1 Å². The van der Waals surface area contributed by atoms with E-state index in [2.05, 4.69) is 0 Å². The molecule has 0 bridgehead atoms. The molecule has 1 amide bonds. The predicted molar refractivity (Wildman–Crippen MR) is 145 cm³/mol. The number of aliphatic hydroxyl groups is 1. The Kier molecular flexibility index (Phi) is 6.50. The molecule has 1 fully saturated rings. The number of ether oxygens (including phenoxy) is 3. The number of aromatic nitrogens is 1. The number of amides is 1. The molecule has 8 nitrogen and oxygen atoms in total. The standard InChI is InChI=1S/C29H25ClN2O6/c1-31-15-20(18-10-5-6-11-22(18)31)26-25(27(33)19-13-24(38-4)21(30)14-23(19)37-3)28(34)29(35)32(26)16-8-7-9-17(12-16)36-2/h5-15,26,33H,1-4H3/b27-25+. The lowest BCUT2D eigenvalue weighted by Gasteiger charge is -2.25. The maximum absolute atomic E-state index is 13.7. The average molecular weight is 533 g/mol. The van der Waals surface area contributed by atoms with Crippen LogP contribution < -0.4 is 19.1 Å². The summed E-state index contributed by atoms with van der Waals surface area (Å²) in [5.41, 5.74) is 2.11. The van der Waals surface area contributed by atoms with E-state index in [-0.39, 0.29) is 27.7 Å². The smallest absolute Gasteiger partial charge is 0.300 e. The van der Waals surface area contributed by atoms with Gasteiger partial charge in [0.15, 0.2) is 0 Å². The Hall–Kier alpha value is -4.43. The first-order valence-electron chi connectivity index (χ1n) is 11.7. The predicted octanol–water partition coefficient (Wildman–Crippen LogP) is 5.48. The van der Waals surface area contributed by atoms with Gasteiger partial charge in [-0.2, -0.15) is 0 Å². The Morgan fingerprint density at radius 1 is 0.921 bits per heavy atom. The van der Waals surface area contributed by atoms with Gasteiger partial charge in [-0.3, -0.25) is 14.5 Å². The molecule has 38 heavy (non-hydrogen) atoms. The maximum atomic E-state index is 13.7. The first-order chi connectivity index (χ1) is 18.3. The number of carbonyl (C=O) groups excluding carboxylic acids is 2. The van der Waals surface area contributed by atoms with E-state index in [9.17, 15) is 14.7 Å². The van der Waals surface area contributed by atoms with E-state index in [1.54, 1.807) is 24.3 Å². The van der Waals surface area contributed by atoms with Crippen LogP contribution in [0, 0.1) is 0 Å². The van der Waals surface area contributed by atoms with Crippen LogP contribution in [0.25, 0.3) is 16.7 Å². The highest BCUT2D eigenvalue weighted by atomic mass is 35.5. The molecule has 194 valence electrons. The molecule has 0 saturated carbocycles. The van der Waals surface area contributed by atoms with E-state index in [0.29, 0.717) is 17.0 Å². The third-order valence-electron chi connectivity index (χ3n) is 6.73. The lowest BCUT2D eigenvalue weighted by Crippen LogP contribution is -2.29.